The number of amides is 1. The molecule has 43 heavy (non-hydrogen) atoms. The number of halogens is 1. The average Bonchev–Trinajstić information content (AvgIpc) is 3.74. The Morgan fingerprint density at radius 3 is 2.53 bits per heavy atom. The van der Waals surface area contributed by atoms with Gasteiger partial charge in [-0.2, -0.15) is 0 Å². The van der Waals surface area contributed by atoms with Crippen LogP contribution in [0.5, 0.6) is 0 Å². The van der Waals surface area contributed by atoms with Gasteiger partial charge in [0.25, 0.3) is 0 Å². The van der Waals surface area contributed by atoms with Crippen LogP contribution in [0.2, 0.25) is 0 Å². The van der Waals surface area contributed by atoms with Gasteiger partial charge < -0.3 is 21.7 Å². The number of hydrogen-bond acceptors (Lipinski definition) is 6. The molecule has 0 bridgehead atoms. The molecule has 2 heterocycles. The van der Waals surface area contributed by atoms with Crippen LogP contribution in [0.25, 0.3) is 0 Å². The molecule has 2 saturated carbocycles. The van der Waals surface area contributed by atoms with Crippen LogP contribution in [0.3, 0.4) is 0 Å². The Morgan fingerprint density at radius 1 is 1.16 bits per heavy atom. The molecular weight excluding hydrogens is 558 g/mol. The van der Waals surface area contributed by atoms with Crippen molar-refractivity contribution in [2.24, 2.45) is 33.9 Å². The lowest BCUT2D eigenvalue weighted by atomic mass is 9.67. The molecule has 244 valence electrons. The first-order chi connectivity index (χ1) is 20.7. The highest BCUT2D eigenvalue weighted by molar-refractivity contribution is 6.39. The number of aliphatic imine (C=N–C) groups is 1. The van der Waals surface area contributed by atoms with Crippen LogP contribution in [0.15, 0.2) is 16.1 Å². The molecule has 8 nitrogen and oxygen atoms in total. The molecular formula is C34H60ClN7O. The number of allylic oxidation sites excluding steroid dienone is 2. The number of nitrogens with zero attached hydrogens (tertiary/aromatic N) is 2. The third kappa shape index (κ3) is 8.62. The van der Waals surface area contributed by atoms with Crippen molar-refractivity contribution in [3.63, 3.8) is 0 Å². The fourth-order valence-electron chi connectivity index (χ4n) is 8.73. The number of nitrogens with two attached hydrogens (primary N) is 1. The summed E-state index contributed by atoms with van der Waals surface area (Å²) in [6, 6.07) is -0.241. The normalized spacial score (nSPS) is 29.5. The van der Waals surface area contributed by atoms with Gasteiger partial charge in [0.05, 0.1) is 16.6 Å². The summed E-state index contributed by atoms with van der Waals surface area (Å²) >= 11 is 6.71. The zero-order valence-electron chi connectivity index (χ0n) is 27.2. The molecule has 2 aliphatic carbocycles. The summed E-state index contributed by atoms with van der Waals surface area (Å²) in [6.07, 6.45) is 20.6. The maximum atomic E-state index is 14.1. The number of hydrogen-bond donors (Lipinski definition) is 5. The lowest BCUT2D eigenvalue weighted by Crippen LogP contribution is -2.73. The summed E-state index contributed by atoms with van der Waals surface area (Å²) in [5.41, 5.74) is 6.00. The first-order valence-electron chi connectivity index (χ1n) is 17.4. The minimum absolute atomic E-state index is 0.141. The molecule has 6 N–H and O–H groups in total. The van der Waals surface area contributed by atoms with Crippen molar-refractivity contribution in [3.8, 4) is 0 Å². The van der Waals surface area contributed by atoms with Gasteiger partial charge in [-0.25, -0.2) is 0 Å². The Bertz CT molecular complexity index is 970. The summed E-state index contributed by atoms with van der Waals surface area (Å²) in [5.74, 6) is -0.00923. The highest BCUT2D eigenvalue weighted by Crippen LogP contribution is 2.46. The molecule has 0 spiro atoms. The van der Waals surface area contributed by atoms with Gasteiger partial charge in [0.15, 0.2) is 0 Å². The van der Waals surface area contributed by atoms with Gasteiger partial charge in [-0.15, -0.1) is 0 Å². The molecule has 2 aliphatic heterocycles. The Balaban J connectivity index is 1.48. The van der Waals surface area contributed by atoms with E-state index >= 15 is 0 Å². The lowest BCUT2D eigenvalue weighted by Gasteiger charge is -2.54. The van der Waals surface area contributed by atoms with Crippen molar-refractivity contribution in [1.82, 2.24) is 20.9 Å². The predicted molar refractivity (Wildman–Crippen MR) is 180 cm³/mol. The third-order valence-electron chi connectivity index (χ3n) is 11.4. The van der Waals surface area contributed by atoms with E-state index < -0.39 is 12.0 Å². The molecule has 0 aromatic rings. The van der Waals surface area contributed by atoms with Crippen LogP contribution in [0.4, 0.5) is 0 Å². The molecule has 0 aromatic heterocycles. The first-order valence-corrected chi connectivity index (χ1v) is 17.8. The molecule has 9 heteroatoms. The van der Waals surface area contributed by atoms with Crippen LogP contribution in [-0.2, 0) is 4.79 Å². The summed E-state index contributed by atoms with van der Waals surface area (Å²) in [7, 11) is 0. The van der Waals surface area contributed by atoms with E-state index in [1.54, 1.807) is 6.21 Å². The van der Waals surface area contributed by atoms with E-state index in [1.165, 1.54) is 64.2 Å². The SMILES string of the molecule is CCCCC(C)(C/C=C(/Cl)C=NC(C)C(C(=N)N)C(=O)NC1(C2CCCCC2)CNCCC1N1CCNC1)C1CCCC1. The van der Waals surface area contributed by atoms with Crippen molar-refractivity contribution in [1.29, 1.82) is 5.41 Å². The van der Waals surface area contributed by atoms with Gasteiger partial charge in [0, 0.05) is 38.6 Å². The van der Waals surface area contributed by atoms with Crippen LogP contribution in [0.1, 0.15) is 111 Å². The molecule has 0 radical (unpaired) electrons. The van der Waals surface area contributed by atoms with E-state index in [2.05, 4.69) is 40.8 Å². The van der Waals surface area contributed by atoms with Crippen molar-refractivity contribution < 1.29 is 4.79 Å². The summed E-state index contributed by atoms with van der Waals surface area (Å²) in [6.45, 7) is 11.1. The molecule has 5 atom stereocenters. The molecule has 1 amide bonds. The quantitative estimate of drug-likeness (QED) is 0.129. The zero-order chi connectivity index (χ0) is 30.9. The smallest absolute Gasteiger partial charge is 0.233 e. The number of rotatable bonds is 14. The predicted octanol–water partition coefficient (Wildman–Crippen LogP) is 5.56. The Hall–Kier alpha value is -1.48. The second-order valence-electron chi connectivity index (χ2n) is 14.3. The molecule has 2 saturated heterocycles. The second kappa shape index (κ2) is 16.2. The fourth-order valence-corrected chi connectivity index (χ4v) is 8.87. The zero-order valence-corrected chi connectivity index (χ0v) is 28.0. The lowest BCUT2D eigenvalue weighted by molar-refractivity contribution is -0.128. The number of piperidine rings is 1. The van der Waals surface area contributed by atoms with Gasteiger partial charge in [-0.05, 0) is 75.7 Å². The van der Waals surface area contributed by atoms with Gasteiger partial charge >= 0.3 is 0 Å². The van der Waals surface area contributed by atoms with E-state index in [4.69, 9.17) is 27.7 Å². The van der Waals surface area contributed by atoms with E-state index in [0.717, 1.165) is 64.4 Å². The van der Waals surface area contributed by atoms with Gasteiger partial charge in [0.2, 0.25) is 5.91 Å². The van der Waals surface area contributed by atoms with Crippen LogP contribution >= 0.6 is 11.6 Å². The summed E-state index contributed by atoms with van der Waals surface area (Å²) in [4.78, 5) is 21.4. The number of carbonyl (C=O) groups is 1. The monoisotopic (exact) mass is 617 g/mol. The maximum absolute atomic E-state index is 14.1. The molecule has 4 rings (SSSR count). The van der Waals surface area contributed by atoms with E-state index in [0.29, 0.717) is 11.0 Å². The van der Waals surface area contributed by atoms with Gasteiger partial charge in [0.1, 0.15) is 11.8 Å². The number of unbranched alkanes of at least 4 members (excludes halogenated alkanes) is 1. The van der Waals surface area contributed by atoms with Crippen LogP contribution < -0.4 is 21.7 Å². The number of amidine groups is 1. The van der Waals surface area contributed by atoms with Crippen molar-refractivity contribution >= 4 is 29.6 Å². The van der Waals surface area contributed by atoms with Crippen molar-refractivity contribution in [2.45, 2.75) is 128 Å². The summed E-state index contributed by atoms with van der Waals surface area (Å²) in [5, 5.41) is 19.7. The maximum Gasteiger partial charge on any atom is 0.233 e. The third-order valence-corrected chi connectivity index (χ3v) is 11.6. The summed E-state index contributed by atoms with van der Waals surface area (Å²) < 4.78 is 0. The van der Waals surface area contributed by atoms with E-state index in [-0.39, 0.29) is 28.7 Å². The molecule has 4 fully saturated rings. The molecule has 0 aromatic carbocycles. The second-order valence-corrected chi connectivity index (χ2v) is 14.7. The number of carbonyl (C=O) groups excluding carboxylic acids is 1. The molecule has 4 aliphatic rings. The highest BCUT2D eigenvalue weighted by Gasteiger charge is 2.51. The Labute approximate surface area is 266 Å². The molecule has 5 unspecified atom stereocenters. The van der Waals surface area contributed by atoms with E-state index in [9.17, 15) is 4.79 Å². The van der Waals surface area contributed by atoms with Gasteiger partial charge in [-0.1, -0.05) is 76.5 Å². The van der Waals surface area contributed by atoms with Crippen molar-refractivity contribution in [2.75, 3.05) is 32.8 Å². The minimum atomic E-state index is -0.839. The van der Waals surface area contributed by atoms with Crippen LogP contribution in [-0.4, -0.2) is 73.3 Å². The Morgan fingerprint density at radius 2 is 1.88 bits per heavy atom. The first kappa shape index (κ1) is 34.4. The van der Waals surface area contributed by atoms with E-state index in [1.807, 2.05) is 6.92 Å². The topological polar surface area (TPSA) is 119 Å². The minimum Gasteiger partial charge on any atom is -0.387 e. The highest BCUT2D eigenvalue weighted by atomic mass is 35.5. The van der Waals surface area contributed by atoms with Crippen LogP contribution in [0, 0.1) is 28.6 Å². The standard InChI is InChI=1S/C34H60ClN7O/c1-4-5-17-33(3,26-11-9-10-12-26)18-15-28(35)22-40-25(2)30(31(36)37)32(43)41-34(27-13-7-6-8-14-27)23-38-19-16-29(34)42-21-20-39-24-42/h15,22,25-27,29-30,38-39H,4-14,16-21,23-24H2,1-3H3,(H3,36,37)(H,41,43)/b28-15+,40-22?. The largest absolute Gasteiger partial charge is 0.387 e. The average molecular weight is 618 g/mol. The van der Waals surface area contributed by atoms with Crippen molar-refractivity contribution in [3.05, 3.63) is 11.1 Å². The van der Waals surface area contributed by atoms with Gasteiger partial charge in [-0.3, -0.25) is 20.1 Å². The fraction of sp³-hybridized carbons (Fsp3) is 0.853. The Kier molecular flexibility index (Phi) is 13.0. The number of nitrogens with one attached hydrogen (secondary N) is 4.